The first-order valence-electron chi connectivity index (χ1n) is 14.0. The Kier molecular flexibility index (Phi) is 11.5. The van der Waals surface area contributed by atoms with Crippen molar-refractivity contribution in [2.24, 2.45) is 23.2 Å². The Hall–Kier alpha value is -1.36. The third-order valence-electron chi connectivity index (χ3n) is 8.82. The van der Waals surface area contributed by atoms with Crippen molar-refractivity contribution in [3.05, 3.63) is 24.6 Å². The Balaban J connectivity index is 1.79. The predicted octanol–water partition coefficient (Wildman–Crippen LogP) is 5.88. The first-order valence-corrected chi connectivity index (χ1v) is 14.0. The van der Waals surface area contributed by atoms with Crippen LogP contribution in [0.3, 0.4) is 0 Å². The van der Waals surface area contributed by atoms with Gasteiger partial charge >= 0.3 is 7.48 Å². The summed E-state index contributed by atoms with van der Waals surface area (Å²) in [5.74, 6) is 2.60. The molecule has 7 heteroatoms. The number of ether oxygens (including phenoxy) is 1. The van der Waals surface area contributed by atoms with Gasteiger partial charge in [-0.25, -0.2) is 0 Å². The summed E-state index contributed by atoms with van der Waals surface area (Å²) in [5.41, 5.74) is 0.724. The van der Waals surface area contributed by atoms with Crippen LogP contribution in [0.4, 0.5) is 0 Å². The van der Waals surface area contributed by atoms with Gasteiger partial charge in [-0.2, -0.15) is 0 Å². The zero-order chi connectivity index (χ0) is 27.1. The fourth-order valence-electron chi connectivity index (χ4n) is 6.07. The van der Waals surface area contributed by atoms with Gasteiger partial charge < -0.3 is 20.0 Å². The molecule has 6 atom stereocenters. The van der Waals surface area contributed by atoms with E-state index in [9.17, 15) is 4.79 Å². The Labute approximate surface area is 223 Å². The maximum atomic E-state index is 12.5. The molecular weight excluding hydrogens is 446 g/mol. The van der Waals surface area contributed by atoms with Gasteiger partial charge in [0.1, 0.15) is 0 Å². The fourth-order valence-corrected chi connectivity index (χ4v) is 6.07. The summed E-state index contributed by atoms with van der Waals surface area (Å²) in [5, 5.41) is 6.61. The first kappa shape index (κ1) is 30.9. The third kappa shape index (κ3) is 8.07. The topological polar surface area (TPSA) is 59.6 Å². The Morgan fingerprint density at radius 3 is 2.28 bits per heavy atom. The average molecular weight is 497 g/mol. The SMILES string of the molecule is [B][C@@H]1C[C@@H]2C[C@@H](C2(C)C)[C@]1(C)O[B][C@H](CC(C)C)NC(=C)[C@H](C)NC(=O)CCCCCCC(=C)OC. The van der Waals surface area contributed by atoms with Gasteiger partial charge in [0.25, 0.3) is 0 Å². The number of amides is 1. The number of unbranched alkanes of at least 4 members (excludes halogenated alkanes) is 3. The van der Waals surface area contributed by atoms with Crippen LogP contribution in [0, 0.1) is 23.2 Å². The lowest BCUT2D eigenvalue weighted by Gasteiger charge is -2.67. The van der Waals surface area contributed by atoms with E-state index in [2.05, 4.69) is 58.4 Å². The van der Waals surface area contributed by atoms with Crippen LogP contribution in [-0.4, -0.2) is 45.9 Å². The van der Waals surface area contributed by atoms with Crippen molar-refractivity contribution in [1.29, 1.82) is 0 Å². The van der Waals surface area contributed by atoms with Crippen molar-refractivity contribution in [1.82, 2.24) is 10.6 Å². The summed E-state index contributed by atoms with van der Waals surface area (Å²) >= 11 is 0. The van der Waals surface area contributed by atoms with E-state index in [1.54, 1.807) is 7.11 Å². The minimum Gasteiger partial charge on any atom is -0.502 e. The van der Waals surface area contributed by atoms with Crippen molar-refractivity contribution in [3.8, 4) is 0 Å². The van der Waals surface area contributed by atoms with Gasteiger partial charge in [-0.15, -0.1) is 0 Å². The molecular formula is C29H51B2N2O3. The lowest BCUT2D eigenvalue weighted by atomic mass is 9.39. The number of nitrogens with one attached hydrogen (secondary N) is 2. The molecule has 3 saturated carbocycles. The normalized spacial score (nSPS) is 27.9. The number of allylic oxidation sites excluding steroid dienone is 1. The van der Waals surface area contributed by atoms with Gasteiger partial charge in [0.15, 0.2) is 0 Å². The molecule has 0 spiro atoms. The highest BCUT2D eigenvalue weighted by Gasteiger charge is 2.62. The van der Waals surface area contributed by atoms with Crippen molar-refractivity contribution >= 4 is 21.2 Å². The zero-order valence-electron chi connectivity index (χ0n) is 24.1. The second kappa shape index (κ2) is 13.4. The van der Waals surface area contributed by atoms with Crippen molar-refractivity contribution in [3.63, 3.8) is 0 Å². The molecule has 0 saturated heterocycles. The minimum atomic E-state index is -0.354. The van der Waals surface area contributed by atoms with E-state index in [1.807, 2.05) is 14.4 Å². The molecule has 3 radical (unpaired) electrons. The molecule has 3 fully saturated rings. The largest absolute Gasteiger partial charge is 0.502 e. The number of carbonyl (C=O) groups excluding carboxylic acids is 1. The molecule has 0 aliphatic heterocycles. The molecule has 0 aromatic carbocycles. The van der Waals surface area contributed by atoms with E-state index in [0.29, 0.717) is 24.2 Å². The highest BCUT2D eigenvalue weighted by atomic mass is 16.5. The van der Waals surface area contributed by atoms with E-state index < -0.39 is 0 Å². The summed E-state index contributed by atoms with van der Waals surface area (Å²) < 4.78 is 11.6. The molecule has 0 aromatic rings. The van der Waals surface area contributed by atoms with Crippen LogP contribution in [0.1, 0.15) is 99.3 Å². The first-order chi connectivity index (χ1) is 16.8. The Bertz CT molecular complexity index is 757. The molecule has 3 aliphatic rings. The summed E-state index contributed by atoms with van der Waals surface area (Å²) in [6.45, 7) is 21.4. The van der Waals surface area contributed by atoms with Gasteiger partial charge in [0.2, 0.25) is 5.91 Å². The fraction of sp³-hybridized carbons (Fsp3) is 0.828. The monoisotopic (exact) mass is 497 g/mol. The molecule has 5 nitrogen and oxygen atoms in total. The summed E-state index contributed by atoms with van der Waals surface area (Å²) in [7, 11) is 10.2. The number of methoxy groups -OCH3 is 1. The molecule has 3 rings (SSSR count). The standard InChI is InChI=1S/C29H51B2N2O3/c1-19(2)16-26(31-36-29(8)24-17-23(18-25(29)30)28(24,6)7)32-21(4)22(5)33-27(34)15-13-11-10-12-14-20(3)35-9/h19,22-26,32H,3-4,10-18H2,1-2,5-9H3,(H,33,34)/t22-,23-,24-,25+,26-,29-/m0/s1. The molecule has 3 aliphatic carbocycles. The van der Waals surface area contributed by atoms with Gasteiger partial charge in [-0.3, -0.25) is 4.79 Å². The number of fused-ring (bicyclic) bond motifs is 2. The second-order valence-electron chi connectivity index (χ2n) is 12.4. The van der Waals surface area contributed by atoms with E-state index >= 15 is 0 Å². The molecule has 36 heavy (non-hydrogen) atoms. The lowest BCUT2D eigenvalue weighted by Crippen LogP contribution is -2.64. The number of rotatable bonds is 17. The average Bonchev–Trinajstić information content (AvgIpc) is 2.80. The molecule has 201 valence electrons. The van der Waals surface area contributed by atoms with Crippen molar-refractivity contribution < 1.29 is 14.2 Å². The van der Waals surface area contributed by atoms with Gasteiger partial charge in [0.05, 0.1) is 26.8 Å². The molecule has 2 N–H and O–H groups in total. The summed E-state index contributed by atoms with van der Waals surface area (Å²) in [4.78, 5) is 12.5. The maximum Gasteiger partial charge on any atom is 0.317 e. The minimum absolute atomic E-state index is 0.00337. The number of hydrogen-bond donors (Lipinski definition) is 2. The van der Waals surface area contributed by atoms with Crippen LogP contribution >= 0.6 is 0 Å². The second-order valence-corrected chi connectivity index (χ2v) is 12.4. The van der Waals surface area contributed by atoms with E-state index in [0.717, 1.165) is 56.4 Å². The molecule has 0 unspecified atom stereocenters. The van der Waals surface area contributed by atoms with Crippen LogP contribution in [-0.2, 0) is 14.2 Å². The van der Waals surface area contributed by atoms with Crippen LogP contribution in [0.5, 0.6) is 0 Å². The van der Waals surface area contributed by atoms with E-state index in [4.69, 9.17) is 17.2 Å². The van der Waals surface area contributed by atoms with Crippen LogP contribution in [0.15, 0.2) is 24.6 Å². The Morgan fingerprint density at radius 2 is 1.69 bits per heavy atom. The lowest BCUT2D eigenvalue weighted by molar-refractivity contribution is -0.180. The number of hydrogen-bond acceptors (Lipinski definition) is 4. The maximum absolute atomic E-state index is 12.5. The third-order valence-corrected chi connectivity index (χ3v) is 8.82. The van der Waals surface area contributed by atoms with Crippen LogP contribution < -0.4 is 10.6 Å². The Morgan fingerprint density at radius 1 is 1.06 bits per heavy atom. The summed E-state index contributed by atoms with van der Waals surface area (Å²) in [6.07, 6.45) is 8.58. The number of carbonyl (C=O) groups is 1. The molecule has 2 bridgehead atoms. The van der Waals surface area contributed by atoms with E-state index in [1.165, 1.54) is 6.42 Å². The highest BCUT2D eigenvalue weighted by molar-refractivity contribution is 6.30. The van der Waals surface area contributed by atoms with Crippen LogP contribution in [0.2, 0.25) is 5.82 Å². The molecule has 1 amide bonds. The van der Waals surface area contributed by atoms with Crippen molar-refractivity contribution in [2.45, 2.75) is 123 Å². The van der Waals surface area contributed by atoms with Gasteiger partial charge in [0, 0.05) is 30.1 Å². The van der Waals surface area contributed by atoms with Crippen LogP contribution in [0.25, 0.3) is 0 Å². The smallest absolute Gasteiger partial charge is 0.317 e. The zero-order valence-corrected chi connectivity index (χ0v) is 24.1. The molecule has 0 aromatic heterocycles. The quantitative estimate of drug-likeness (QED) is 0.150. The summed E-state index contributed by atoms with van der Waals surface area (Å²) in [6, 6.07) is -0.163. The highest BCUT2D eigenvalue weighted by Crippen LogP contribution is 2.66. The van der Waals surface area contributed by atoms with Gasteiger partial charge in [-0.1, -0.05) is 65.9 Å². The predicted molar refractivity (Wildman–Crippen MR) is 152 cm³/mol. The molecule has 0 heterocycles. The van der Waals surface area contributed by atoms with Crippen molar-refractivity contribution in [2.75, 3.05) is 7.11 Å². The van der Waals surface area contributed by atoms with Gasteiger partial charge in [-0.05, 0) is 62.7 Å². The van der Waals surface area contributed by atoms with E-state index in [-0.39, 0.29) is 34.7 Å².